The summed E-state index contributed by atoms with van der Waals surface area (Å²) >= 11 is 0. The number of benzene rings is 6. The van der Waals surface area contributed by atoms with E-state index in [4.69, 9.17) is 23.9 Å². The lowest BCUT2D eigenvalue weighted by atomic mass is 9.85. The first-order valence-corrected chi connectivity index (χ1v) is 11.1. The van der Waals surface area contributed by atoms with E-state index in [1.54, 1.807) is 30.3 Å². The first-order valence-electron chi connectivity index (χ1n) is 17.6. The van der Waals surface area contributed by atoms with Crippen LogP contribution in [0.25, 0.3) is 76.7 Å². The number of hydrogen-bond donors (Lipinski definition) is 0. The SMILES string of the molecule is [2H]c1c([2H])c([2H])c(-c2c3c([2H])c([2H])c([2H])c([2H])c3c(-c3cccc4oc5cc6occc6cc5c34)c3c([2H])c([2H])c([2H])c([2H])c23)c([2H])c1[2H]. The summed E-state index contributed by atoms with van der Waals surface area (Å²) < 4.78 is 126. The Labute approximate surface area is 225 Å². The molecule has 0 bridgehead atoms. The van der Waals surface area contributed by atoms with Gasteiger partial charge < -0.3 is 8.83 Å². The lowest BCUT2D eigenvalue weighted by Crippen LogP contribution is -1.91. The summed E-state index contributed by atoms with van der Waals surface area (Å²) in [6.45, 7) is 0. The average Bonchev–Trinajstić information content (AvgIpc) is 3.71. The Balaban J connectivity index is 1.74. The Bertz CT molecular complexity index is 2710. The van der Waals surface area contributed by atoms with Crippen molar-refractivity contribution in [2.45, 2.75) is 0 Å². The Morgan fingerprint density at radius 3 is 1.94 bits per heavy atom. The van der Waals surface area contributed by atoms with Crippen LogP contribution in [0.4, 0.5) is 0 Å². The molecule has 0 amide bonds. The third kappa shape index (κ3) is 2.67. The smallest absolute Gasteiger partial charge is 0.139 e. The normalized spacial score (nSPS) is 16.9. The van der Waals surface area contributed by atoms with Crippen LogP contribution in [0.2, 0.25) is 0 Å². The lowest BCUT2D eigenvalue weighted by Gasteiger charge is -2.18. The molecule has 0 fully saturated rings. The van der Waals surface area contributed by atoms with Crippen LogP contribution in [0.1, 0.15) is 17.8 Å². The molecule has 36 heavy (non-hydrogen) atoms. The van der Waals surface area contributed by atoms with Crippen LogP contribution in [0.5, 0.6) is 0 Å². The van der Waals surface area contributed by atoms with E-state index < -0.39 is 84.1 Å². The molecule has 0 saturated heterocycles. The molecule has 2 aromatic heterocycles. The van der Waals surface area contributed by atoms with Gasteiger partial charge in [0, 0.05) is 22.2 Å². The van der Waals surface area contributed by atoms with Crippen LogP contribution in [-0.2, 0) is 0 Å². The van der Waals surface area contributed by atoms with E-state index in [-0.39, 0.29) is 32.7 Å². The fourth-order valence-corrected chi connectivity index (χ4v) is 5.01. The molecule has 2 heteroatoms. The molecule has 2 nitrogen and oxygen atoms in total. The monoisotopic (exact) mass is 473 g/mol. The van der Waals surface area contributed by atoms with E-state index in [2.05, 4.69) is 0 Å². The topological polar surface area (TPSA) is 26.3 Å². The van der Waals surface area contributed by atoms with Crippen LogP contribution in [0, 0.1) is 0 Å². The quantitative estimate of drug-likeness (QED) is 0.233. The van der Waals surface area contributed by atoms with Gasteiger partial charge in [-0.25, -0.2) is 0 Å². The van der Waals surface area contributed by atoms with E-state index in [1.807, 2.05) is 6.07 Å². The lowest BCUT2D eigenvalue weighted by molar-refractivity contribution is 0.613. The molecule has 0 spiro atoms. The molecule has 0 atom stereocenters. The molecule has 0 radical (unpaired) electrons. The Morgan fingerprint density at radius 1 is 0.556 bits per heavy atom. The van der Waals surface area contributed by atoms with Gasteiger partial charge in [-0.05, 0) is 62.0 Å². The van der Waals surface area contributed by atoms with Crippen molar-refractivity contribution in [3.63, 3.8) is 0 Å². The molecule has 8 aromatic rings. The molecule has 168 valence electrons. The van der Waals surface area contributed by atoms with Crippen LogP contribution in [0.15, 0.2) is 130 Å². The maximum atomic E-state index is 9.20. The third-order valence-electron chi connectivity index (χ3n) is 6.46. The minimum absolute atomic E-state index is 0.0423. The van der Waals surface area contributed by atoms with E-state index >= 15 is 0 Å². The molecular weight excluding hydrogens is 440 g/mol. The van der Waals surface area contributed by atoms with Gasteiger partial charge in [-0.3, -0.25) is 0 Å². The van der Waals surface area contributed by atoms with Gasteiger partial charge in [0.05, 0.1) is 24.1 Å². The van der Waals surface area contributed by atoms with Gasteiger partial charge in [-0.15, -0.1) is 0 Å². The van der Waals surface area contributed by atoms with Crippen molar-refractivity contribution in [1.82, 2.24) is 0 Å². The van der Waals surface area contributed by atoms with Crippen LogP contribution >= 0.6 is 0 Å². The van der Waals surface area contributed by atoms with Gasteiger partial charge in [0.15, 0.2) is 0 Å². The molecule has 8 rings (SSSR count). The first-order chi connectivity index (χ1) is 23.3. The molecule has 0 aliphatic carbocycles. The summed E-state index contributed by atoms with van der Waals surface area (Å²) in [4.78, 5) is 0. The maximum absolute atomic E-state index is 9.20. The molecular formula is C34H20O2. The van der Waals surface area contributed by atoms with Crippen LogP contribution < -0.4 is 0 Å². The van der Waals surface area contributed by atoms with E-state index in [1.165, 1.54) is 6.26 Å². The zero-order valence-electron chi connectivity index (χ0n) is 31.4. The summed E-state index contributed by atoms with van der Waals surface area (Å²) in [7, 11) is 0. The molecule has 2 heterocycles. The van der Waals surface area contributed by atoms with Crippen LogP contribution in [0.3, 0.4) is 0 Å². The van der Waals surface area contributed by atoms with Crippen molar-refractivity contribution in [3.8, 4) is 22.3 Å². The third-order valence-corrected chi connectivity index (χ3v) is 6.46. The highest BCUT2D eigenvalue weighted by molar-refractivity contribution is 6.26. The predicted molar refractivity (Wildman–Crippen MR) is 149 cm³/mol. The molecule has 0 aliphatic heterocycles. The molecule has 6 aromatic carbocycles. The van der Waals surface area contributed by atoms with Crippen molar-refractivity contribution in [2.75, 3.05) is 0 Å². The number of rotatable bonds is 2. The number of furan rings is 2. The first kappa shape index (κ1) is 10.8. The van der Waals surface area contributed by atoms with Crippen molar-refractivity contribution in [2.24, 2.45) is 0 Å². The fraction of sp³-hybridized carbons (Fsp3) is 0. The molecule has 0 N–H and O–H groups in total. The predicted octanol–water partition coefficient (Wildman–Crippen LogP) is 9.97. The van der Waals surface area contributed by atoms with Gasteiger partial charge in [-0.1, -0.05) is 90.7 Å². The standard InChI is InChI=1S/C34H20O2/c1-2-9-21(10-3-1)32-23-11-4-6-13-25(23)33(26-14-7-5-12-24(26)32)27-15-8-16-29-34(27)28-19-22-17-18-35-30(22)20-31(28)36-29/h1-20H/i1D,2D,3D,4D,5D,6D,7D,9D,10D,11D,12D,13D,14D. The van der Waals surface area contributed by atoms with Crippen molar-refractivity contribution in [3.05, 3.63) is 121 Å². The second-order valence-electron chi connectivity index (χ2n) is 8.34. The van der Waals surface area contributed by atoms with Gasteiger partial charge in [0.2, 0.25) is 0 Å². The van der Waals surface area contributed by atoms with E-state index in [0.29, 0.717) is 33.1 Å². The largest absolute Gasteiger partial charge is 0.464 e. The molecule has 0 aliphatic rings. The van der Waals surface area contributed by atoms with Crippen molar-refractivity contribution < 1.29 is 26.7 Å². The summed E-state index contributed by atoms with van der Waals surface area (Å²) in [6.07, 6.45) is 1.53. The zero-order valence-corrected chi connectivity index (χ0v) is 18.4. The summed E-state index contributed by atoms with van der Waals surface area (Å²) in [5.41, 5.74) is 0.981. The van der Waals surface area contributed by atoms with Crippen molar-refractivity contribution in [1.29, 1.82) is 0 Å². The van der Waals surface area contributed by atoms with Crippen LogP contribution in [-0.4, -0.2) is 0 Å². The highest BCUT2D eigenvalue weighted by Crippen LogP contribution is 2.47. The van der Waals surface area contributed by atoms with E-state index in [0.717, 1.165) is 5.39 Å². The Hall–Kier alpha value is -4.82. The van der Waals surface area contributed by atoms with Gasteiger partial charge in [0.1, 0.15) is 16.7 Å². The highest BCUT2D eigenvalue weighted by atomic mass is 16.3. The summed E-state index contributed by atoms with van der Waals surface area (Å²) in [5, 5.41) is 1.02. The average molecular weight is 474 g/mol. The van der Waals surface area contributed by atoms with E-state index in [9.17, 15) is 2.74 Å². The highest BCUT2D eigenvalue weighted by Gasteiger charge is 2.20. The molecule has 0 saturated carbocycles. The van der Waals surface area contributed by atoms with Gasteiger partial charge in [0.25, 0.3) is 0 Å². The minimum Gasteiger partial charge on any atom is -0.464 e. The minimum atomic E-state index is -0.719. The Morgan fingerprint density at radius 2 is 1.22 bits per heavy atom. The summed E-state index contributed by atoms with van der Waals surface area (Å²) in [6, 6.07) is 1.88. The maximum Gasteiger partial charge on any atom is 0.139 e. The number of hydrogen-bond acceptors (Lipinski definition) is 2. The van der Waals surface area contributed by atoms with Gasteiger partial charge >= 0.3 is 0 Å². The molecule has 0 unspecified atom stereocenters. The second-order valence-corrected chi connectivity index (χ2v) is 8.34. The second kappa shape index (κ2) is 7.34. The fourth-order valence-electron chi connectivity index (χ4n) is 5.01. The Kier molecular flexibility index (Phi) is 2.21. The zero-order chi connectivity index (χ0) is 35.0. The summed E-state index contributed by atoms with van der Waals surface area (Å²) in [5.74, 6) is 0. The number of fused-ring (bicyclic) bond motifs is 6. The van der Waals surface area contributed by atoms with Gasteiger partial charge in [-0.2, -0.15) is 0 Å². The van der Waals surface area contributed by atoms with Crippen molar-refractivity contribution >= 4 is 54.5 Å².